The molecule has 0 radical (unpaired) electrons. The summed E-state index contributed by atoms with van der Waals surface area (Å²) >= 11 is 0. The number of para-hydroxylation sites is 1. The number of carbonyl (C=O) groups is 2. The molecule has 0 atom stereocenters. The first-order valence-corrected chi connectivity index (χ1v) is 6.95. The lowest BCUT2D eigenvalue weighted by molar-refractivity contribution is 0.100. The normalized spacial score (nSPS) is 10.3. The highest BCUT2D eigenvalue weighted by Gasteiger charge is 2.11. The number of nitrogens with zero attached hydrogens (tertiary/aromatic N) is 2. The van der Waals surface area contributed by atoms with Gasteiger partial charge in [-0.3, -0.25) is 9.59 Å². The van der Waals surface area contributed by atoms with Crippen molar-refractivity contribution in [1.82, 2.24) is 9.78 Å². The van der Waals surface area contributed by atoms with Crippen LogP contribution in [0.25, 0.3) is 5.69 Å². The van der Waals surface area contributed by atoms with E-state index < -0.39 is 5.91 Å². The van der Waals surface area contributed by atoms with Crippen molar-refractivity contribution < 1.29 is 9.59 Å². The number of rotatable bonds is 4. The molecule has 3 aromatic rings. The van der Waals surface area contributed by atoms with Crippen LogP contribution in [0.15, 0.2) is 67.0 Å². The maximum absolute atomic E-state index is 12.3. The van der Waals surface area contributed by atoms with Gasteiger partial charge in [-0.25, -0.2) is 4.68 Å². The third-order valence-electron chi connectivity index (χ3n) is 3.34. The lowest BCUT2D eigenvalue weighted by atomic mass is 10.1. The Kier molecular flexibility index (Phi) is 3.88. The number of carbonyl (C=O) groups excluding carboxylic acids is 2. The van der Waals surface area contributed by atoms with Gasteiger partial charge in [-0.2, -0.15) is 5.10 Å². The molecular weight excluding hydrogens is 292 g/mol. The van der Waals surface area contributed by atoms with Crippen LogP contribution >= 0.6 is 0 Å². The van der Waals surface area contributed by atoms with Gasteiger partial charge in [-0.15, -0.1) is 0 Å². The molecule has 3 N–H and O–H groups in total. The number of primary amides is 1. The SMILES string of the molecule is NC(=O)c1ccccc1NC(=O)c1ccc(-n2cccn2)cc1. The predicted octanol–water partition coefficient (Wildman–Crippen LogP) is 2.22. The van der Waals surface area contributed by atoms with E-state index in [9.17, 15) is 9.59 Å². The van der Waals surface area contributed by atoms with E-state index in [1.54, 1.807) is 59.4 Å². The fraction of sp³-hybridized carbons (Fsp3) is 0. The Balaban J connectivity index is 1.80. The molecule has 114 valence electrons. The third kappa shape index (κ3) is 3.11. The standard InChI is InChI=1S/C17H14N4O2/c18-16(22)14-4-1-2-5-15(14)20-17(23)12-6-8-13(9-7-12)21-11-3-10-19-21/h1-11H,(H2,18,22)(H,20,23). The van der Waals surface area contributed by atoms with Crippen molar-refractivity contribution in [3.63, 3.8) is 0 Å². The van der Waals surface area contributed by atoms with Crippen molar-refractivity contribution in [1.29, 1.82) is 0 Å². The summed E-state index contributed by atoms with van der Waals surface area (Å²) in [7, 11) is 0. The lowest BCUT2D eigenvalue weighted by Gasteiger charge is -2.09. The van der Waals surface area contributed by atoms with Gasteiger partial charge < -0.3 is 11.1 Å². The van der Waals surface area contributed by atoms with Gasteiger partial charge in [0.1, 0.15) is 0 Å². The summed E-state index contributed by atoms with van der Waals surface area (Å²) in [5.74, 6) is -0.902. The maximum atomic E-state index is 12.3. The van der Waals surface area contributed by atoms with E-state index in [0.29, 0.717) is 11.3 Å². The number of hydrogen-bond donors (Lipinski definition) is 2. The summed E-state index contributed by atoms with van der Waals surface area (Å²) in [6.07, 6.45) is 3.50. The summed E-state index contributed by atoms with van der Waals surface area (Å²) in [4.78, 5) is 23.7. The number of amides is 2. The van der Waals surface area contributed by atoms with Crippen LogP contribution in [0.3, 0.4) is 0 Å². The topological polar surface area (TPSA) is 90.0 Å². The van der Waals surface area contributed by atoms with Crippen molar-refractivity contribution >= 4 is 17.5 Å². The fourth-order valence-corrected chi connectivity index (χ4v) is 2.19. The molecule has 0 saturated carbocycles. The molecule has 2 aromatic carbocycles. The van der Waals surface area contributed by atoms with Crippen LogP contribution in [0.1, 0.15) is 20.7 Å². The summed E-state index contributed by atoms with van der Waals surface area (Å²) < 4.78 is 1.70. The monoisotopic (exact) mass is 306 g/mol. The molecule has 0 unspecified atom stereocenters. The Morgan fingerprint density at radius 3 is 2.39 bits per heavy atom. The Hall–Kier alpha value is -3.41. The van der Waals surface area contributed by atoms with E-state index >= 15 is 0 Å². The van der Waals surface area contributed by atoms with Gasteiger partial charge in [0, 0.05) is 18.0 Å². The van der Waals surface area contributed by atoms with E-state index in [-0.39, 0.29) is 11.5 Å². The maximum Gasteiger partial charge on any atom is 0.255 e. The molecule has 3 rings (SSSR count). The van der Waals surface area contributed by atoms with Crippen LogP contribution in [0.5, 0.6) is 0 Å². The van der Waals surface area contributed by atoms with Gasteiger partial charge in [-0.05, 0) is 42.5 Å². The molecule has 0 fully saturated rings. The highest BCUT2D eigenvalue weighted by Crippen LogP contribution is 2.16. The minimum absolute atomic E-state index is 0.272. The van der Waals surface area contributed by atoms with E-state index in [0.717, 1.165) is 5.69 Å². The molecule has 0 aliphatic heterocycles. The number of hydrogen-bond acceptors (Lipinski definition) is 3. The van der Waals surface area contributed by atoms with E-state index in [1.807, 2.05) is 12.3 Å². The second kappa shape index (κ2) is 6.15. The Morgan fingerprint density at radius 1 is 1.00 bits per heavy atom. The average molecular weight is 306 g/mol. The molecule has 6 nitrogen and oxygen atoms in total. The molecule has 0 bridgehead atoms. The molecule has 0 aliphatic carbocycles. The zero-order valence-electron chi connectivity index (χ0n) is 12.1. The second-order valence-electron chi connectivity index (χ2n) is 4.86. The quantitative estimate of drug-likeness (QED) is 0.774. The molecule has 6 heteroatoms. The number of aromatic nitrogens is 2. The van der Waals surface area contributed by atoms with Crippen LogP contribution in [0.2, 0.25) is 0 Å². The lowest BCUT2D eigenvalue weighted by Crippen LogP contribution is -2.18. The summed E-state index contributed by atoms with van der Waals surface area (Å²) in [6.45, 7) is 0. The van der Waals surface area contributed by atoms with E-state index in [2.05, 4.69) is 10.4 Å². The van der Waals surface area contributed by atoms with Crippen molar-refractivity contribution in [2.24, 2.45) is 5.73 Å². The molecule has 0 spiro atoms. The smallest absolute Gasteiger partial charge is 0.255 e. The van der Waals surface area contributed by atoms with Crippen molar-refractivity contribution in [2.45, 2.75) is 0 Å². The molecule has 0 saturated heterocycles. The molecule has 1 heterocycles. The van der Waals surface area contributed by atoms with Gasteiger partial charge in [0.15, 0.2) is 0 Å². The second-order valence-corrected chi connectivity index (χ2v) is 4.86. The first kappa shape index (κ1) is 14.5. The van der Waals surface area contributed by atoms with Gasteiger partial charge >= 0.3 is 0 Å². The van der Waals surface area contributed by atoms with Crippen LogP contribution < -0.4 is 11.1 Å². The van der Waals surface area contributed by atoms with Crippen LogP contribution in [0, 0.1) is 0 Å². The van der Waals surface area contributed by atoms with Crippen molar-refractivity contribution in [3.05, 3.63) is 78.1 Å². The van der Waals surface area contributed by atoms with Gasteiger partial charge in [0.25, 0.3) is 11.8 Å². The number of nitrogens with one attached hydrogen (secondary N) is 1. The van der Waals surface area contributed by atoms with Crippen molar-refractivity contribution in [2.75, 3.05) is 5.32 Å². The molecule has 1 aromatic heterocycles. The summed E-state index contributed by atoms with van der Waals surface area (Å²) in [6, 6.07) is 15.4. The van der Waals surface area contributed by atoms with Gasteiger partial charge in [-0.1, -0.05) is 12.1 Å². The van der Waals surface area contributed by atoms with Crippen molar-refractivity contribution in [3.8, 4) is 5.69 Å². The Bertz CT molecular complexity index is 839. The highest BCUT2D eigenvalue weighted by atomic mass is 16.2. The largest absolute Gasteiger partial charge is 0.366 e. The minimum Gasteiger partial charge on any atom is -0.366 e. The summed E-state index contributed by atoms with van der Waals surface area (Å²) in [5.41, 5.74) is 7.29. The molecule has 0 aliphatic rings. The zero-order chi connectivity index (χ0) is 16.2. The van der Waals surface area contributed by atoms with Gasteiger partial charge in [0.2, 0.25) is 0 Å². The van der Waals surface area contributed by atoms with Crippen LogP contribution in [-0.2, 0) is 0 Å². The zero-order valence-corrected chi connectivity index (χ0v) is 12.1. The van der Waals surface area contributed by atoms with Gasteiger partial charge in [0.05, 0.1) is 16.9 Å². The number of anilines is 1. The highest BCUT2D eigenvalue weighted by molar-refractivity contribution is 6.08. The van der Waals surface area contributed by atoms with E-state index in [1.165, 1.54) is 0 Å². The predicted molar refractivity (Wildman–Crippen MR) is 86.5 cm³/mol. The number of benzene rings is 2. The third-order valence-corrected chi connectivity index (χ3v) is 3.34. The van der Waals surface area contributed by atoms with Crippen LogP contribution in [0.4, 0.5) is 5.69 Å². The molecule has 2 amide bonds. The van der Waals surface area contributed by atoms with E-state index in [4.69, 9.17) is 5.73 Å². The molecular formula is C17H14N4O2. The fourth-order valence-electron chi connectivity index (χ4n) is 2.19. The first-order valence-electron chi connectivity index (χ1n) is 6.95. The molecule has 23 heavy (non-hydrogen) atoms. The first-order chi connectivity index (χ1) is 11.1. The summed E-state index contributed by atoms with van der Waals surface area (Å²) in [5, 5.41) is 6.82. The Labute approximate surface area is 132 Å². The Morgan fingerprint density at radius 2 is 1.74 bits per heavy atom. The average Bonchev–Trinajstić information content (AvgIpc) is 3.10. The number of nitrogens with two attached hydrogens (primary N) is 1. The van der Waals surface area contributed by atoms with Crippen LogP contribution in [-0.4, -0.2) is 21.6 Å². The minimum atomic E-state index is -0.588.